The van der Waals surface area contributed by atoms with Crippen LogP contribution in [0.15, 0.2) is 46.2 Å². The van der Waals surface area contributed by atoms with Crippen LogP contribution >= 0.6 is 0 Å². The molecule has 0 bridgehead atoms. The Balaban J connectivity index is 2.15. The number of hydrogen-bond acceptors (Lipinski definition) is 4. The molecule has 3 rings (SSSR count). The molecule has 1 unspecified atom stereocenters. The van der Waals surface area contributed by atoms with Crippen molar-refractivity contribution in [1.82, 2.24) is 0 Å². The highest BCUT2D eigenvalue weighted by molar-refractivity contribution is 7.93. The summed E-state index contributed by atoms with van der Waals surface area (Å²) in [5, 5.41) is 5.08. The van der Waals surface area contributed by atoms with E-state index in [1.807, 2.05) is 0 Å². The quantitative estimate of drug-likeness (QED) is 0.866. The molecule has 0 amide bonds. The molecule has 6 nitrogen and oxygen atoms in total. The summed E-state index contributed by atoms with van der Waals surface area (Å²) in [5.74, 6) is -1.94. The molecular weight excluding hydrogens is 374 g/mol. The molecule has 1 heterocycles. The molecule has 0 spiro atoms. The molecule has 0 fully saturated rings. The van der Waals surface area contributed by atoms with E-state index in [9.17, 15) is 25.6 Å². The summed E-state index contributed by atoms with van der Waals surface area (Å²) in [5.41, 5.74) is 0.656. The van der Waals surface area contributed by atoms with E-state index in [0.717, 1.165) is 16.4 Å². The summed E-state index contributed by atoms with van der Waals surface area (Å²) >= 11 is 0. The predicted octanol–water partition coefficient (Wildman–Crippen LogP) is 1.75. The minimum atomic E-state index is -4.37. The van der Waals surface area contributed by atoms with Crippen molar-refractivity contribution in [2.24, 2.45) is 5.14 Å². The van der Waals surface area contributed by atoms with Crippen molar-refractivity contribution in [3.05, 3.63) is 53.6 Å². The molecule has 2 N–H and O–H groups in total. The highest BCUT2D eigenvalue weighted by Crippen LogP contribution is 2.38. The maximum absolute atomic E-state index is 14.0. The van der Waals surface area contributed by atoms with E-state index in [-0.39, 0.29) is 17.0 Å². The number of hydrogen-bond donors (Lipinski definition) is 1. The fraction of sp³-hybridized carbons (Fsp3) is 0.200. The van der Waals surface area contributed by atoms with E-state index in [2.05, 4.69) is 0 Å². The second kappa shape index (κ2) is 5.75. The number of anilines is 1. The van der Waals surface area contributed by atoms with E-state index in [4.69, 9.17) is 5.14 Å². The number of halogens is 2. The maximum Gasteiger partial charge on any atom is 0.267 e. The van der Waals surface area contributed by atoms with Crippen LogP contribution < -0.4 is 9.44 Å². The molecule has 1 atom stereocenters. The third kappa shape index (κ3) is 3.00. The van der Waals surface area contributed by atoms with Crippen molar-refractivity contribution in [1.29, 1.82) is 0 Å². The van der Waals surface area contributed by atoms with E-state index in [0.29, 0.717) is 11.6 Å². The van der Waals surface area contributed by atoms with Gasteiger partial charge in [0.2, 0.25) is 10.0 Å². The Labute approximate surface area is 144 Å². The molecular formula is C15H14F2N2O4S2. The van der Waals surface area contributed by atoms with Gasteiger partial charge in [0.05, 0.1) is 10.6 Å². The fourth-order valence-electron chi connectivity index (χ4n) is 2.90. The summed E-state index contributed by atoms with van der Waals surface area (Å²) in [6, 6.07) is 5.36. The normalized spacial score (nSPS) is 17.6. The molecule has 2 aromatic rings. The zero-order valence-electron chi connectivity index (χ0n) is 13.0. The first kappa shape index (κ1) is 17.8. The second-order valence-electron chi connectivity index (χ2n) is 5.76. The Morgan fingerprint density at radius 1 is 1.08 bits per heavy atom. The van der Waals surface area contributed by atoms with Crippen molar-refractivity contribution in [3.8, 4) is 0 Å². The number of nitrogens with zero attached hydrogens (tertiary/aromatic N) is 1. The van der Waals surface area contributed by atoms with Gasteiger partial charge in [-0.3, -0.25) is 4.31 Å². The molecule has 134 valence electrons. The summed E-state index contributed by atoms with van der Waals surface area (Å²) in [4.78, 5) is -0.919. The highest BCUT2D eigenvalue weighted by Gasteiger charge is 2.38. The average Bonchev–Trinajstić information content (AvgIpc) is 2.84. The first-order valence-corrected chi connectivity index (χ1v) is 10.2. The number of rotatable bonds is 3. The molecule has 1 aliphatic heterocycles. The van der Waals surface area contributed by atoms with Gasteiger partial charge in [0, 0.05) is 6.04 Å². The summed E-state index contributed by atoms with van der Waals surface area (Å²) in [6.45, 7) is 1.59. The van der Waals surface area contributed by atoms with Crippen LogP contribution in [0.4, 0.5) is 14.5 Å². The molecule has 0 saturated heterocycles. The lowest BCUT2D eigenvalue weighted by Crippen LogP contribution is -2.36. The largest absolute Gasteiger partial charge is 0.267 e. The average molecular weight is 388 g/mol. The topological polar surface area (TPSA) is 97.5 Å². The Bertz CT molecular complexity index is 1070. The highest BCUT2D eigenvalue weighted by atomic mass is 32.2. The van der Waals surface area contributed by atoms with Gasteiger partial charge in [-0.1, -0.05) is 0 Å². The molecule has 0 radical (unpaired) electrons. The molecule has 10 heteroatoms. The first-order chi connectivity index (χ1) is 11.5. The van der Waals surface area contributed by atoms with Gasteiger partial charge < -0.3 is 0 Å². The van der Waals surface area contributed by atoms with E-state index >= 15 is 0 Å². The maximum atomic E-state index is 14.0. The van der Waals surface area contributed by atoms with Crippen molar-refractivity contribution < 1.29 is 25.6 Å². The minimum Gasteiger partial charge on any atom is -0.263 e. The molecule has 25 heavy (non-hydrogen) atoms. The van der Waals surface area contributed by atoms with Gasteiger partial charge in [-0.2, -0.15) is 0 Å². The van der Waals surface area contributed by atoms with Gasteiger partial charge >= 0.3 is 0 Å². The van der Waals surface area contributed by atoms with Crippen LogP contribution in [0.1, 0.15) is 12.5 Å². The summed E-state index contributed by atoms with van der Waals surface area (Å²) in [6.07, 6.45) is 0.217. The zero-order chi connectivity index (χ0) is 18.6. The minimum absolute atomic E-state index is 0.144. The molecule has 2 aromatic carbocycles. The number of benzene rings is 2. The van der Waals surface area contributed by atoms with Crippen molar-refractivity contribution >= 4 is 25.7 Å². The number of primary sulfonamides is 1. The van der Waals surface area contributed by atoms with Gasteiger partial charge in [0.25, 0.3) is 10.0 Å². The number of fused-ring (bicyclic) bond motifs is 1. The molecule has 0 aromatic heterocycles. The smallest absolute Gasteiger partial charge is 0.263 e. The second-order valence-corrected chi connectivity index (χ2v) is 9.11. The van der Waals surface area contributed by atoms with Crippen LogP contribution in [0.2, 0.25) is 0 Å². The standard InChI is InChI=1S/C15H14F2N2O4S2/c1-9-6-10-7-12(24(18,20)21)3-5-14(10)19(9)25(22,23)15-8-11(16)2-4-13(15)17/h2-5,7-9H,6H2,1H3,(H2,18,20,21). The van der Waals surface area contributed by atoms with Gasteiger partial charge in [0.1, 0.15) is 16.5 Å². The Morgan fingerprint density at radius 3 is 2.40 bits per heavy atom. The van der Waals surface area contributed by atoms with Gasteiger partial charge in [-0.15, -0.1) is 0 Å². The van der Waals surface area contributed by atoms with Crippen LogP contribution in [0, 0.1) is 11.6 Å². The third-order valence-corrected chi connectivity index (χ3v) is 6.82. The monoisotopic (exact) mass is 388 g/mol. The number of nitrogens with two attached hydrogens (primary N) is 1. The lowest BCUT2D eigenvalue weighted by Gasteiger charge is -2.24. The predicted molar refractivity (Wildman–Crippen MR) is 87.0 cm³/mol. The Hall–Kier alpha value is -2.04. The molecule has 0 saturated carbocycles. The van der Waals surface area contributed by atoms with Gasteiger partial charge in [-0.25, -0.2) is 30.8 Å². The van der Waals surface area contributed by atoms with E-state index in [1.54, 1.807) is 6.92 Å². The third-order valence-electron chi connectivity index (χ3n) is 3.96. The lowest BCUT2D eigenvalue weighted by atomic mass is 10.1. The summed E-state index contributed by atoms with van der Waals surface area (Å²) < 4.78 is 76.9. The van der Waals surface area contributed by atoms with Gasteiger partial charge in [-0.05, 0) is 55.3 Å². The fourth-order valence-corrected chi connectivity index (χ4v) is 5.24. The first-order valence-electron chi connectivity index (χ1n) is 7.17. The number of sulfonamides is 2. The van der Waals surface area contributed by atoms with Crippen LogP contribution in [0.3, 0.4) is 0 Å². The van der Waals surface area contributed by atoms with Crippen molar-refractivity contribution in [2.45, 2.75) is 29.2 Å². The molecule has 0 aliphatic carbocycles. The van der Waals surface area contributed by atoms with Crippen LogP contribution in [0.5, 0.6) is 0 Å². The summed E-state index contributed by atoms with van der Waals surface area (Å²) in [7, 11) is -8.30. The van der Waals surface area contributed by atoms with Crippen LogP contribution in [-0.4, -0.2) is 22.9 Å². The SMILES string of the molecule is CC1Cc2cc(S(N)(=O)=O)ccc2N1S(=O)(=O)c1cc(F)ccc1F. The van der Waals surface area contributed by atoms with E-state index in [1.165, 1.54) is 18.2 Å². The van der Waals surface area contributed by atoms with E-state index < -0.39 is 42.6 Å². The van der Waals surface area contributed by atoms with Crippen molar-refractivity contribution in [2.75, 3.05) is 4.31 Å². The van der Waals surface area contributed by atoms with Crippen LogP contribution in [0.25, 0.3) is 0 Å². The Morgan fingerprint density at radius 2 is 1.76 bits per heavy atom. The molecule has 1 aliphatic rings. The zero-order valence-corrected chi connectivity index (χ0v) is 14.6. The van der Waals surface area contributed by atoms with Crippen LogP contribution in [-0.2, 0) is 26.5 Å². The lowest BCUT2D eigenvalue weighted by molar-refractivity contribution is 0.548. The van der Waals surface area contributed by atoms with Crippen molar-refractivity contribution in [3.63, 3.8) is 0 Å². The van der Waals surface area contributed by atoms with Gasteiger partial charge in [0.15, 0.2) is 0 Å². The Kier molecular flexibility index (Phi) is 4.09.